The normalized spacial score (nSPS) is 28.2. The van der Waals surface area contributed by atoms with Gasteiger partial charge in [-0.05, 0) is 93.1 Å². The summed E-state index contributed by atoms with van der Waals surface area (Å²) in [7, 11) is 2.01. The minimum absolute atomic E-state index is 0.0165. The summed E-state index contributed by atoms with van der Waals surface area (Å²) in [5.74, 6) is -1.12. The summed E-state index contributed by atoms with van der Waals surface area (Å²) in [4.78, 5) is 17.0. The van der Waals surface area contributed by atoms with Gasteiger partial charge < -0.3 is 20.2 Å². The van der Waals surface area contributed by atoms with Gasteiger partial charge in [-0.2, -0.15) is 13.2 Å². The zero-order chi connectivity index (χ0) is 26.5. The fourth-order valence-electron chi connectivity index (χ4n) is 6.82. The standard InChI is InChI=1S/C28H35F4N3O2/c1-16-19(7-3-8-22(16)29)25-21(27(37)35-11-5-9-23(35)28(30,31)32)12-20(18-14-34(2)15-18)24(26(25)36)17-6-4-10-33-13-17/h3,7-8,17-18,20,23,33,36H,4-6,9-15H2,1-2H3/t17?,20?,23-/m0/s1. The van der Waals surface area contributed by atoms with Crippen molar-refractivity contribution in [2.45, 2.75) is 51.2 Å². The SMILES string of the molecule is Cc1c(F)cccc1C1=C(C(=O)N2CCC[C@H]2C(F)(F)F)CC(C2CN(C)C2)C(C2CCCNC2)=C1O. The van der Waals surface area contributed by atoms with Crippen LogP contribution in [0, 0.1) is 30.5 Å². The van der Waals surface area contributed by atoms with E-state index in [1.807, 2.05) is 7.05 Å². The molecule has 3 atom stereocenters. The van der Waals surface area contributed by atoms with Crippen LogP contribution in [0.15, 0.2) is 35.1 Å². The Morgan fingerprint density at radius 1 is 1.16 bits per heavy atom. The van der Waals surface area contributed by atoms with Gasteiger partial charge in [-0.1, -0.05) is 12.1 Å². The second-order valence-electron chi connectivity index (χ2n) is 11.1. The molecule has 9 heteroatoms. The molecule has 0 radical (unpaired) electrons. The Bertz CT molecular complexity index is 1120. The number of aliphatic hydroxyl groups excluding tert-OH is 1. The van der Waals surface area contributed by atoms with Gasteiger partial charge in [-0.15, -0.1) is 0 Å². The summed E-state index contributed by atoms with van der Waals surface area (Å²) in [5, 5.41) is 15.3. The van der Waals surface area contributed by atoms with Crippen molar-refractivity contribution in [2.75, 3.05) is 39.8 Å². The van der Waals surface area contributed by atoms with Crippen LogP contribution >= 0.6 is 0 Å². The molecule has 3 aliphatic heterocycles. The van der Waals surface area contributed by atoms with Crippen LogP contribution in [-0.2, 0) is 4.79 Å². The molecule has 3 saturated heterocycles. The molecule has 37 heavy (non-hydrogen) atoms. The van der Waals surface area contributed by atoms with Crippen LogP contribution in [-0.4, -0.2) is 72.8 Å². The minimum Gasteiger partial charge on any atom is -0.507 e. The monoisotopic (exact) mass is 521 g/mol. The highest BCUT2D eigenvalue weighted by molar-refractivity contribution is 6.05. The lowest BCUT2D eigenvalue weighted by Crippen LogP contribution is -2.51. The van der Waals surface area contributed by atoms with Crippen molar-refractivity contribution in [3.05, 3.63) is 52.0 Å². The molecule has 5 nitrogen and oxygen atoms in total. The van der Waals surface area contributed by atoms with Crippen LogP contribution in [0.5, 0.6) is 0 Å². The number of halogens is 4. The zero-order valence-electron chi connectivity index (χ0n) is 21.4. The molecular formula is C28H35F4N3O2. The molecule has 3 heterocycles. The number of carbonyl (C=O) groups excluding carboxylic acids is 1. The van der Waals surface area contributed by atoms with Gasteiger partial charge in [-0.3, -0.25) is 4.79 Å². The second kappa shape index (κ2) is 10.1. The van der Waals surface area contributed by atoms with E-state index in [1.165, 1.54) is 12.1 Å². The highest BCUT2D eigenvalue weighted by Crippen LogP contribution is 2.49. The third kappa shape index (κ3) is 4.80. The number of hydrogen-bond donors (Lipinski definition) is 2. The van der Waals surface area contributed by atoms with Crippen molar-refractivity contribution in [2.24, 2.45) is 17.8 Å². The molecule has 2 unspecified atom stereocenters. The first-order valence-corrected chi connectivity index (χ1v) is 13.3. The predicted octanol–water partition coefficient (Wildman–Crippen LogP) is 4.83. The predicted molar refractivity (Wildman–Crippen MR) is 133 cm³/mol. The Morgan fingerprint density at radius 3 is 2.57 bits per heavy atom. The van der Waals surface area contributed by atoms with Crippen molar-refractivity contribution in [1.82, 2.24) is 15.1 Å². The van der Waals surface area contributed by atoms with Crippen LogP contribution in [0.3, 0.4) is 0 Å². The van der Waals surface area contributed by atoms with Crippen LogP contribution in [0.1, 0.15) is 43.2 Å². The van der Waals surface area contributed by atoms with Crippen molar-refractivity contribution in [1.29, 1.82) is 0 Å². The molecule has 0 aromatic heterocycles. The maximum Gasteiger partial charge on any atom is 0.408 e. The zero-order valence-corrected chi connectivity index (χ0v) is 21.4. The number of piperidine rings is 1. The van der Waals surface area contributed by atoms with E-state index in [0.29, 0.717) is 12.1 Å². The van der Waals surface area contributed by atoms with Gasteiger partial charge in [0.05, 0.1) is 0 Å². The third-order valence-electron chi connectivity index (χ3n) is 8.72. The Morgan fingerprint density at radius 2 is 1.92 bits per heavy atom. The van der Waals surface area contributed by atoms with E-state index in [0.717, 1.165) is 42.9 Å². The molecule has 5 rings (SSSR count). The number of benzene rings is 1. The molecule has 1 aromatic carbocycles. The topological polar surface area (TPSA) is 55.8 Å². The average Bonchev–Trinajstić information content (AvgIpc) is 3.35. The van der Waals surface area contributed by atoms with Crippen molar-refractivity contribution in [3.8, 4) is 0 Å². The van der Waals surface area contributed by atoms with Gasteiger partial charge in [0.25, 0.3) is 5.91 Å². The summed E-state index contributed by atoms with van der Waals surface area (Å²) >= 11 is 0. The number of hydrogen-bond acceptors (Lipinski definition) is 4. The smallest absolute Gasteiger partial charge is 0.408 e. The van der Waals surface area contributed by atoms with Gasteiger partial charge in [0.15, 0.2) is 0 Å². The molecule has 1 amide bonds. The summed E-state index contributed by atoms with van der Waals surface area (Å²) in [5.41, 5.74) is 1.89. The van der Waals surface area contributed by atoms with Gasteiger partial charge in [0, 0.05) is 37.3 Å². The Balaban J connectivity index is 1.67. The van der Waals surface area contributed by atoms with E-state index >= 15 is 0 Å². The number of alkyl halides is 3. The van der Waals surface area contributed by atoms with Gasteiger partial charge in [-0.25, -0.2) is 4.39 Å². The summed E-state index contributed by atoms with van der Waals surface area (Å²) < 4.78 is 56.2. The number of amides is 1. The molecule has 1 aromatic rings. The average molecular weight is 522 g/mol. The summed E-state index contributed by atoms with van der Waals surface area (Å²) in [6, 6.07) is 2.63. The minimum atomic E-state index is -4.52. The molecule has 0 bridgehead atoms. The van der Waals surface area contributed by atoms with E-state index < -0.39 is 23.9 Å². The van der Waals surface area contributed by atoms with Gasteiger partial charge >= 0.3 is 6.18 Å². The molecule has 2 N–H and O–H groups in total. The fraction of sp³-hybridized carbons (Fsp3) is 0.607. The quantitative estimate of drug-likeness (QED) is 0.558. The van der Waals surface area contributed by atoms with Crippen molar-refractivity contribution in [3.63, 3.8) is 0 Å². The Kier molecular flexibility index (Phi) is 7.13. The first-order chi connectivity index (χ1) is 17.6. The number of rotatable bonds is 4. The van der Waals surface area contributed by atoms with E-state index in [4.69, 9.17) is 0 Å². The van der Waals surface area contributed by atoms with Crippen LogP contribution < -0.4 is 5.32 Å². The maximum atomic E-state index is 14.7. The molecular weight excluding hydrogens is 486 g/mol. The van der Waals surface area contributed by atoms with Gasteiger partial charge in [0.2, 0.25) is 0 Å². The number of carbonyl (C=O) groups is 1. The van der Waals surface area contributed by atoms with Crippen LogP contribution in [0.4, 0.5) is 17.6 Å². The van der Waals surface area contributed by atoms with Crippen LogP contribution in [0.25, 0.3) is 5.57 Å². The largest absolute Gasteiger partial charge is 0.507 e. The molecule has 3 fully saturated rings. The number of nitrogens with zero attached hydrogens (tertiary/aromatic N) is 2. The molecule has 4 aliphatic rings. The fourth-order valence-corrected chi connectivity index (χ4v) is 6.82. The third-order valence-corrected chi connectivity index (χ3v) is 8.72. The van der Waals surface area contributed by atoms with Crippen molar-refractivity contribution < 1.29 is 27.5 Å². The first kappa shape index (κ1) is 26.2. The summed E-state index contributed by atoms with van der Waals surface area (Å²) in [6.07, 6.45) is -2.30. The molecule has 1 aliphatic carbocycles. The van der Waals surface area contributed by atoms with E-state index in [1.54, 1.807) is 13.0 Å². The first-order valence-electron chi connectivity index (χ1n) is 13.3. The lowest BCUT2D eigenvalue weighted by Gasteiger charge is -2.46. The molecule has 202 valence electrons. The highest BCUT2D eigenvalue weighted by Gasteiger charge is 2.50. The van der Waals surface area contributed by atoms with Gasteiger partial charge in [0.1, 0.15) is 17.6 Å². The summed E-state index contributed by atoms with van der Waals surface area (Å²) in [6.45, 7) is 4.78. The lowest BCUT2D eigenvalue weighted by atomic mass is 9.67. The van der Waals surface area contributed by atoms with E-state index in [-0.39, 0.29) is 66.0 Å². The van der Waals surface area contributed by atoms with Crippen molar-refractivity contribution >= 4 is 11.5 Å². The maximum absolute atomic E-state index is 14.7. The highest BCUT2D eigenvalue weighted by atomic mass is 19.4. The van der Waals surface area contributed by atoms with E-state index in [9.17, 15) is 27.5 Å². The number of allylic oxidation sites excluding steroid dienone is 1. The Labute approximate surface area is 215 Å². The van der Waals surface area contributed by atoms with E-state index in [2.05, 4.69) is 10.2 Å². The lowest BCUT2D eigenvalue weighted by molar-refractivity contribution is -0.181. The number of nitrogens with one attached hydrogen (secondary N) is 1. The van der Waals surface area contributed by atoms with Crippen LogP contribution in [0.2, 0.25) is 0 Å². The molecule has 0 spiro atoms. The molecule has 0 saturated carbocycles. The number of aliphatic hydroxyl groups is 1. The second-order valence-corrected chi connectivity index (χ2v) is 11.1. The number of likely N-dealkylation sites (tertiary alicyclic amines) is 2. The Hall–Kier alpha value is -2.39.